The Labute approximate surface area is 209 Å². The van der Waals surface area contributed by atoms with Gasteiger partial charge in [-0.05, 0) is 53.9 Å². The van der Waals surface area contributed by atoms with Gasteiger partial charge in [0.05, 0.1) is 5.25 Å². The number of nitriles is 1. The van der Waals surface area contributed by atoms with E-state index in [4.69, 9.17) is 0 Å². The van der Waals surface area contributed by atoms with Crippen molar-refractivity contribution in [3.8, 4) is 6.07 Å². The zero-order valence-electron chi connectivity index (χ0n) is 17.9. The van der Waals surface area contributed by atoms with E-state index < -0.39 is 17.0 Å². The number of rotatable bonds is 6. The molecular weight excluding hydrogens is 517 g/mol. The third-order valence-electron chi connectivity index (χ3n) is 5.22. The van der Waals surface area contributed by atoms with Crippen molar-refractivity contribution in [2.45, 2.75) is 18.2 Å². The third kappa shape index (κ3) is 5.38. The van der Waals surface area contributed by atoms with E-state index in [0.29, 0.717) is 12.1 Å². The zero-order valence-corrected chi connectivity index (χ0v) is 20.3. The van der Waals surface area contributed by atoms with Crippen LogP contribution in [0.1, 0.15) is 11.1 Å². The van der Waals surface area contributed by atoms with Gasteiger partial charge in [0.1, 0.15) is 22.5 Å². The summed E-state index contributed by atoms with van der Waals surface area (Å²) in [6.45, 7) is 0.246. The summed E-state index contributed by atoms with van der Waals surface area (Å²) in [4.78, 5) is 27.7. The van der Waals surface area contributed by atoms with E-state index in [9.17, 15) is 19.2 Å². The molecule has 0 saturated carbocycles. The molecule has 1 atom stereocenters. The van der Waals surface area contributed by atoms with Crippen LogP contribution in [0.3, 0.4) is 0 Å². The van der Waals surface area contributed by atoms with Crippen molar-refractivity contribution < 1.29 is 14.0 Å². The summed E-state index contributed by atoms with van der Waals surface area (Å²) in [5.41, 5.74) is 2.07. The van der Waals surface area contributed by atoms with Crippen LogP contribution in [-0.2, 0) is 22.6 Å². The molecule has 0 bridgehead atoms. The first kappa shape index (κ1) is 23.7. The molecule has 1 N–H and O–H groups in total. The van der Waals surface area contributed by atoms with Crippen molar-refractivity contribution >= 4 is 45.2 Å². The predicted octanol–water partition coefficient (Wildman–Crippen LogP) is 5.33. The average molecular weight is 536 g/mol. The molecule has 0 spiro atoms. The summed E-state index contributed by atoms with van der Waals surface area (Å²) in [5, 5.41) is 12.3. The second-order valence-corrected chi connectivity index (χ2v) is 9.65. The van der Waals surface area contributed by atoms with Gasteiger partial charge >= 0.3 is 0 Å². The van der Waals surface area contributed by atoms with Gasteiger partial charge in [-0.2, -0.15) is 5.26 Å². The van der Waals surface area contributed by atoms with Crippen LogP contribution in [0, 0.1) is 17.1 Å². The molecule has 0 aliphatic carbocycles. The number of carbonyl (C=O) groups excluding carboxylic acids is 2. The first-order valence-electron chi connectivity index (χ1n) is 10.4. The zero-order chi connectivity index (χ0) is 24.1. The highest BCUT2D eigenvalue weighted by atomic mass is 79.9. The summed E-state index contributed by atoms with van der Waals surface area (Å²) in [6, 6.07) is 24.3. The molecule has 1 fully saturated rings. The van der Waals surface area contributed by atoms with Gasteiger partial charge in [-0.1, -0.05) is 70.2 Å². The van der Waals surface area contributed by atoms with E-state index in [-0.39, 0.29) is 23.1 Å². The van der Waals surface area contributed by atoms with Gasteiger partial charge in [0.25, 0.3) is 5.91 Å². The molecule has 0 unspecified atom stereocenters. The Kier molecular flexibility index (Phi) is 7.46. The van der Waals surface area contributed by atoms with Crippen molar-refractivity contribution in [2.75, 3.05) is 4.90 Å². The highest BCUT2D eigenvalue weighted by molar-refractivity contribution is 9.10. The minimum absolute atomic E-state index is 0.156. The lowest BCUT2D eigenvalue weighted by molar-refractivity contribution is -0.117. The van der Waals surface area contributed by atoms with E-state index in [1.165, 1.54) is 40.9 Å². The minimum atomic E-state index is -0.571. The molecule has 0 aromatic heterocycles. The lowest BCUT2D eigenvalue weighted by Gasteiger charge is -2.18. The molecule has 5 nitrogen and oxygen atoms in total. The molecule has 1 saturated heterocycles. The maximum Gasteiger partial charge on any atom is 0.264 e. The summed E-state index contributed by atoms with van der Waals surface area (Å²) < 4.78 is 14.5. The molecule has 3 aromatic rings. The molecule has 2 amide bonds. The first-order chi connectivity index (χ1) is 16.5. The van der Waals surface area contributed by atoms with Crippen LogP contribution in [0.5, 0.6) is 0 Å². The Hall–Kier alpha value is -3.41. The molecule has 1 heterocycles. The second kappa shape index (κ2) is 10.7. The summed E-state index contributed by atoms with van der Waals surface area (Å²) in [6.07, 6.45) is 0.419. The lowest BCUT2D eigenvalue weighted by Crippen LogP contribution is -2.32. The number of anilines is 1. The largest absolute Gasteiger partial charge is 0.347 e. The van der Waals surface area contributed by atoms with Crippen molar-refractivity contribution in [3.05, 3.63) is 111 Å². The first-order valence-corrected chi connectivity index (χ1v) is 12.1. The van der Waals surface area contributed by atoms with E-state index in [2.05, 4.69) is 21.2 Å². The van der Waals surface area contributed by atoms with Gasteiger partial charge in [0.15, 0.2) is 0 Å². The van der Waals surface area contributed by atoms with Gasteiger partial charge in [0, 0.05) is 16.7 Å². The van der Waals surface area contributed by atoms with Gasteiger partial charge in [-0.15, -0.1) is 0 Å². The van der Waals surface area contributed by atoms with Crippen LogP contribution in [0.4, 0.5) is 10.1 Å². The third-order valence-corrected chi connectivity index (χ3v) is 7.01. The van der Waals surface area contributed by atoms with Crippen LogP contribution in [0.15, 0.2) is 93.9 Å². The molecule has 0 radical (unpaired) electrons. The number of carbonyl (C=O) groups is 2. The minimum Gasteiger partial charge on any atom is -0.347 e. The molecule has 8 heteroatoms. The maximum atomic E-state index is 13.5. The predicted molar refractivity (Wildman–Crippen MR) is 134 cm³/mol. The summed E-state index contributed by atoms with van der Waals surface area (Å²) in [5.74, 6) is -1.28. The van der Waals surface area contributed by atoms with Crippen LogP contribution in [0.2, 0.25) is 0 Å². The Morgan fingerprint density at radius 3 is 2.35 bits per heavy atom. The van der Waals surface area contributed by atoms with Crippen molar-refractivity contribution in [1.82, 2.24) is 5.32 Å². The lowest BCUT2D eigenvalue weighted by atomic mass is 10.1. The highest BCUT2D eigenvalue weighted by Gasteiger charge is 2.40. The molecule has 34 heavy (non-hydrogen) atoms. The normalized spacial score (nSPS) is 16.8. The topological polar surface area (TPSA) is 73.2 Å². The Bertz CT molecular complexity index is 1270. The molecule has 4 rings (SSSR count). The maximum absolute atomic E-state index is 13.5. The molecule has 1 aliphatic rings. The quantitative estimate of drug-likeness (QED) is 0.342. The Morgan fingerprint density at radius 2 is 1.71 bits per heavy atom. The van der Waals surface area contributed by atoms with Gasteiger partial charge in [0.2, 0.25) is 5.91 Å². The van der Waals surface area contributed by atoms with E-state index in [1.807, 2.05) is 60.7 Å². The molecule has 1 aliphatic heterocycles. The smallest absolute Gasteiger partial charge is 0.264 e. The number of thioether (sulfide) groups is 1. The van der Waals surface area contributed by atoms with E-state index in [0.717, 1.165) is 15.6 Å². The Morgan fingerprint density at radius 1 is 1.03 bits per heavy atom. The van der Waals surface area contributed by atoms with Crippen molar-refractivity contribution in [3.63, 3.8) is 0 Å². The fraction of sp³-hybridized carbons (Fsp3) is 0.115. The number of nitrogens with zero attached hydrogens (tertiary/aromatic N) is 2. The van der Waals surface area contributed by atoms with Crippen LogP contribution in [0.25, 0.3) is 0 Å². The molecule has 3 aromatic carbocycles. The van der Waals surface area contributed by atoms with Crippen LogP contribution >= 0.6 is 27.7 Å². The average Bonchev–Trinajstić information content (AvgIpc) is 3.16. The Balaban J connectivity index is 1.66. The van der Waals surface area contributed by atoms with Crippen molar-refractivity contribution in [2.24, 2.45) is 0 Å². The fourth-order valence-electron chi connectivity index (χ4n) is 3.51. The van der Waals surface area contributed by atoms with E-state index >= 15 is 0 Å². The standard InChI is InChI=1S/C26H19BrFN3O2S/c27-19-8-6-17(7-9-19)14-23-25(33)31(21-12-10-20(28)11-13-21)26(34-23)22(15-29)24(32)30-16-18-4-2-1-3-5-18/h1-13,23H,14,16H2,(H,30,32)/b26-22-/t23-/m1/s1. The summed E-state index contributed by atoms with van der Waals surface area (Å²) >= 11 is 4.58. The molecule has 170 valence electrons. The fourth-order valence-corrected chi connectivity index (χ4v) is 5.09. The SMILES string of the molecule is N#C/C(C(=O)NCc1ccccc1)=C1/S[C@H](Cc2ccc(Br)cc2)C(=O)N1c1ccc(F)cc1. The highest BCUT2D eigenvalue weighted by Crippen LogP contribution is 2.42. The van der Waals surface area contributed by atoms with Gasteiger partial charge in [-0.3, -0.25) is 14.5 Å². The number of nitrogens with one attached hydrogen (secondary N) is 1. The molecular formula is C26H19BrFN3O2S. The monoisotopic (exact) mass is 535 g/mol. The second-order valence-electron chi connectivity index (χ2n) is 7.55. The number of hydrogen-bond acceptors (Lipinski definition) is 4. The number of halogens is 2. The number of amides is 2. The summed E-state index contributed by atoms with van der Waals surface area (Å²) in [7, 11) is 0. The van der Waals surface area contributed by atoms with Gasteiger partial charge < -0.3 is 5.32 Å². The van der Waals surface area contributed by atoms with E-state index in [1.54, 1.807) is 0 Å². The van der Waals surface area contributed by atoms with Crippen molar-refractivity contribution in [1.29, 1.82) is 5.26 Å². The number of benzene rings is 3. The van der Waals surface area contributed by atoms with Gasteiger partial charge in [-0.25, -0.2) is 4.39 Å². The van der Waals surface area contributed by atoms with Crippen LogP contribution in [-0.4, -0.2) is 17.1 Å². The number of hydrogen-bond donors (Lipinski definition) is 1. The van der Waals surface area contributed by atoms with Crippen LogP contribution < -0.4 is 10.2 Å².